The number of cyclic esters (lactones) is 1. The van der Waals surface area contributed by atoms with Gasteiger partial charge in [-0.25, -0.2) is 18.4 Å². The molecule has 3 aromatic rings. The van der Waals surface area contributed by atoms with E-state index >= 15 is 0 Å². The monoisotopic (exact) mass is 455 g/mol. The van der Waals surface area contributed by atoms with Crippen molar-refractivity contribution in [3.8, 4) is 28.4 Å². The van der Waals surface area contributed by atoms with E-state index in [1.54, 1.807) is 24.3 Å². The number of methoxy groups -OCH3 is 2. The molecule has 0 radical (unpaired) electrons. The average molecular weight is 455 g/mol. The number of esters is 1. The lowest BCUT2D eigenvalue weighted by Gasteiger charge is -2.18. The largest absolute Gasteiger partial charge is 0.493 e. The maximum Gasteiger partial charge on any atom is 0.338 e. The Balaban J connectivity index is 1.71. The molecule has 0 saturated heterocycles. The molecule has 32 heavy (non-hydrogen) atoms. The molecular weight excluding hydrogens is 434 g/mol. The topological polar surface area (TPSA) is 114 Å². The molecule has 1 aliphatic heterocycles. The maximum absolute atomic E-state index is 11.8. The molecule has 2 N–H and O–H groups in total. The quantitative estimate of drug-likeness (QED) is 0.544. The summed E-state index contributed by atoms with van der Waals surface area (Å²) < 4.78 is 45.1. The molecule has 0 fully saturated rings. The van der Waals surface area contributed by atoms with Crippen molar-refractivity contribution in [3.63, 3.8) is 0 Å². The Morgan fingerprint density at radius 1 is 0.938 bits per heavy atom. The molecule has 8 nitrogen and oxygen atoms in total. The number of primary sulfonamides is 1. The van der Waals surface area contributed by atoms with E-state index in [1.165, 1.54) is 26.4 Å². The van der Waals surface area contributed by atoms with Crippen LogP contribution in [0.25, 0.3) is 11.1 Å². The van der Waals surface area contributed by atoms with E-state index in [-0.39, 0.29) is 24.1 Å². The predicted molar refractivity (Wildman–Crippen MR) is 116 cm³/mol. The zero-order valence-corrected chi connectivity index (χ0v) is 18.3. The van der Waals surface area contributed by atoms with Gasteiger partial charge in [-0.15, -0.1) is 0 Å². The van der Waals surface area contributed by atoms with Crippen LogP contribution in [0.4, 0.5) is 0 Å². The number of hydrogen-bond acceptors (Lipinski definition) is 7. The fourth-order valence-corrected chi connectivity index (χ4v) is 4.02. The van der Waals surface area contributed by atoms with Gasteiger partial charge in [-0.1, -0.05) is 18.2 Å². The summed E-state index contributed by atoms with van der Waals surface area (Å²) in [5, 5.41) is 5.15. The zero-order valence-electron chi connectivity index (χ0n) is 17.5. The Bertz CT molecular complexity index is 1280. The van der Waals surface area contributed by atoms with Crippen molar-refractivity contribution in [2.24, 2.45) is 5.14 Å². The highest BCUT2D eigenvalue weighted by atomic mass is 32.2. The minimum Gasteiger partial charge on any atom is -0.493 e. The summed E-state index contributed by atoms with van der Waals surface area (Å²) in [6.45, 7) is 0.371. The lowest BCUT2D eigenvalue weighted by atomic mass is 9.99. The van der Waals surface area contributed by atoms with Crippen LogP contribution in [-0.4, -0.2) is 28.6 Å². The van der Waals surface area contributed by atoms with Gasteiger partial charge in [0.05, 0.1) is 24.7 Å². The Labute approximate surface area is 185 Å². The van der Waals surface area contributed by atoms with Crippen molar-refractivity contribution >= 4 is 16.0 Å². The number of rotatable bonds is 7. The smallest absolute Gasteiger partial charge is 0.338 e. The Hall–Kier alpha value is -3.56. The van der Waals surface area contributed by atoms with Gasteiger partial charge in [0.15, 0.2) is 11.5 Å². The third-order valence-corrected chi connectivity index (χ3v) is 6.06. The lowest BCUT2D eigenvalue weighted by Crippen LogP contribution is -2.12. The summed E-state index contributed by atoms with van der Waals surface area (Å²) in [7, 11) is -0.718. The minimum atomic E-state index is -3.77. The highest BCUT2D eigenvalue weighted by molar-refractivity contribution is 7.89. The summed E-state index contributed by atoms with van der Waals surface area (Å²) in [5.74, 6) is 1.03. The number of carbonyl (C=O) groups excluding carboxylic acids is 1. The second kappa shape index (κ2) is 8.52. The van der Waals surface area contributed by atoms with Crippen molar-refractivity contribution in [1.29, 1.82) is 0 Å². The molecule has 0 saturated carbocycles. The van der Waals surface area contributed by atoms with Crippen molar-refractivity contribution in [2.45, 2.75) is 18.1 Å². The minimum absolute atomic E-state index is 0.0239. The third-order valence-electron chi connectivity index (χ3n) is 5.13. The molecule has 4 rings (SSSR count). The van der Waals surface area contributed by atoms with Gasteiger partial charge in [-0.2, -0.15) is 0 Å². The number of sulfonamides is 1. The van der Waals surface area contributed by atoms with Gasteiger partial charge in [0, 0.05) is 11.1 Å². The van der Waals surface area contributed by atoms with Gasteiger partial charge >= 0.3 is 5.97 Å². The number of fused-ring (bicyclic) bond motifs is 1. The molecule has 0 atom stereocenters. The first-order valence-electron chi connectivity index (χ1n) is 9.61. The molecule has 0 amide bonds. The van der Waals surface area contributed by atoms with E-state index in [2.05, 4.69) is 0 Å². The Morgan fingerprint density at radius 2 is 1.66 bits per heavy atom. The molecule has 0 aromatic heterocycles. The first-order valence-corrected chi connectivity index (χ1v) is 11.2. The first kappa shape index (κ1) is 21.7. The van der Waals surface area contributed by atoms with Crippen molar-refractivity contribution < 1.29 is 32.2 Å². The first-order chi connectivity index (χ1) is 15.3. The SMILES string of the molecule is COc1ccc(-c2ccc3c(c2)COC3=O)c(OCc2ccc(S(N)(=O)=O)cc2)c1OC. The molecular formula is C23H21NO7S. The molecule has 0 aliphatic carbocycles. The van der Waals surface area contributed by atoms with Crippen LogP contribution in [-0.2, 0) is 28.0 Å². The van der Waals surface area contributed by atoms with E-state index in [0.717, 1.165) is 22.3 Å². The zero-order chi connectivity index (χ0) is 22.9. The molecule has 1 aliphatic rings. The summed E-state index contributed by atoms with van der Waals surface area (Å²) in [6, 6.07) is 15.2. The lowest BCUT2D eigenvalue weighted by molar-refractivity contribution is 0.0535. The van der Waals surface area contributed by atoms with Crippen LogP contribution in [0.3, 0.4) is 0 Å². The molecule has 0 bridgehead atoms. The van der Waals surface area contributed by atoms with Crippen molar-refractivity contribution in [2.75, 3.05) is 14.2 Å². The van der Waals surface area contributed by atoms with Gasteiger partial charge in [0.1, 0.15) is 13.2 Å². The van der Waals surface area contributed by atoms with Crippen LogP contribution in [0.2, 0.25) is 0 Å². The molecule has 3 aromatic carbocycles. The standard InChI is InChI=1S/C23H21NO7S/c1-28-20-10-9-18(15-5-8-19-16(11-15)13-31-23(19)25)21(22(20)29-2)30-12-14-3-6-17(7-4-14)32(24,26)27/h3-11H,12-13H2,1-2H3,(H2,24,26,27). The number of benzene rings is 3. The van der Waals surface area contributed by atoms with Gasteiger partial charge in [-0.05, 0) is 47.5 Å². The average Bonchev–Trinajstić information content (AvgIpc) is 3.16. The second-order valence-corrected chi connectivity index (χ2v) is 8.66. The van der Waals surface area contributed by atoms with E-state index in [0.29, 0.717) is 22.8 Å². The molecule has 166 valence electrons. The van der Waals surface area contributed by atoms with E-state index in [9.17, 15) is 13.2 Å². The molecule has 1 heterocycles. The van der Waals surface area contributed by atoms with Crippen LogP contribution in [0, 0.1) is 0 Å². The predicted octanol–water partition coefficient (Wildman–Crippen LogP) is 3.27. The fourth-order valence-electron chi connectivity index (χ4n) is 3.50. The van der Waals surface area contributed by atoms with Crippen molar-refractivity contribution in [3.05, 3.63) is 71.3 Å². The molecule has 9 heteroatoms. The van der Waals surface area contributed by atoms with E-state index < -0.39 is 10.0 Å². The van der Waals surface area contributed by atoms with Crippen LogP contribution in [0.15, 0.2) is 59.5 Å². The fraction of sp³-hybridized carbons (Fsp3) is 0.174. The number of carbonyl (C=O) groups is 1. The number of hydrogen-bond donors (Lipinski definition) is 1. The maximum atomic E-state index is 11.8. The van der Waals surface area contributed by atoms with Crippen molar-refractivity contribution in [1.82, 2.24) is 0 Å². The van der Waals surface area contributed by atoms with Gasteiger partial charge < -0.3 is 18.9 Å². The number of nitrogens with two attached hydrogens (primary N) is 1. The summed E-state index contributed by atoms with van der Waals surface area (Å²) >= 11 is 0. The van der Waals surface area contributed by atoms with Crippen LogP contribution in [0.5, 0.6) is 17.2 Å². The summed E-state index contributed by atoms with van der Waals surface area (Å²) in [6.07, 6.45) is 0. The molecule has 0 spiro atoms. The summed E-state index contributed by atoms with van der Waals surface area (Å²) in [4.78, 5) is 11.8. The second-order valence-electron chi connectivity index (χ2n) is 7.10. The van der Waals surface area contributed by atoms with Crippen LogP contribution in [0.1, 0.15) is 21.5 Å². The Kier molecular flexibility index (Phi) is 5.77. The summed E-state index contributed by atoms with van der Waals surface area (Å²) in [5.41, 5.74) is 3.65. The highest BCUT2D eigenvalue weighted by Crippen LogP contribution is 2.45. The van der Waals surface area contributed by atoms with Crippen LogP contribution >= 0.6 is 0 Å². The van der Waals surface area contributed by atoms with E-state index in [4.69, 9.17) is 24.1 Å². The van der Waals surface area contributed by atoms with E-state index in [1.807, 2.05) is 18.2 Å². The highest BCUT2D eigenvalue weighted by Gasteiger charge is 2.23. The van der Waals surface area contributed by atoms with Gasteiger partial charge in [0.2, 0.25) is 15.8 Å². The third kappa shape index (κ3) is 4.12. The Morgan fingerprint density at radius 3 is 2.31 bits per heavy atom. The van der Waals surface area contributed by atoms with Crippen LogP contribution < -0.4 is 19.3 Å². The van der Waals surface area contributed by atoms with Gasteiger partial charge in [0.25, 0.3) is 0 Å². The number of ether oxygens (including phenoxy) is 4. The molecule has 0 unspecified atom stereocenters. The normalized spacial score (nSPS) is 12.8. The van der Waals surface area contributed by atoms with Gasteiger partial charge in [-0.3, -0.25) is 0 Å².